The van der Waals surface area contributed by atoms with Gasteiger partial charge >= 0.3 is 6.18 Å². The Kier molecular flexibility index (Phi) is 8.58. The average molecular weight is 436 g/mol. The number of alkyl halides is 3. The molecule has 1 nitrogen and oxygen atoms in total. The van der Waals surface area contributed by atoms with Crippen LogP contribution in [0.2, 0.25) is 0 Å². The second kappa shape index (κ2) is 11.2. The molecule has 0 unspecified atom stereocenters. The van der Waals surface area contributed by atoms with Crippen LogP contribution in [0, 0.1) is 35.0 Å². The quantitative estimate of drug-likeness (QED) is 0.240. The van der Waals surface area contributed by atoms with Gasteiger partial charge in [0.1, 0.15) is 6.07 Å². The Hall–Kier alpha value is -1.83. The topological polar surface area (TPSA) is 23.8 Å². The Bertz CT molecular complexity index is 743. The van der Waals surface area contributed by atoms with Gasteiger partial charge in [0.25, 0.3) is 0 Å². The summed E-state index contributed by atoms with van der Waals surface area (Å²) in [5, 5.41) is 8.59. The molecule has 0 bridgehead atoms. The fourth-order valence-electron chi connectivity index (χ4n) is 5.60. The molecule has 1 aromatic carbocycles. The van der Waals surface area contributed by atoms with E-state index in [4.69, 9.17) is 5.26 Å². The molecule has 3 rings (SSSR count). The lowest BCUT2D eigenvalue weighted by atomic mass is 9.68. The van der Waals surface area contributed by atoms with Crippen molar-refractivity contribution in [3.8, 4) is 6.07 Å². The van der Waals surface area contributed by atoms with Crippen LogP contribution in [0.3, 0.4) is 0 Å². The van der Waals surface area contributed by atoms with Crippen LogP contribution in [-0.4, -0.2) is 0 Å². The molecule has 2 fully saturated rings. The Balaban J connectivity index is 1.30. The summed E-state index contributed by atoms with van der Waals surface area (Å²) in [5.74, 6) is 1.94. The van der Waals surface area contributed by atoms with Crippen LogP contribution in [0.15, 0.2) is 36.2 Å². The number of halogens is 4. The molecule has 2 saturated carbocycles. The average Bonchev–Trinajstić information content (AvgIpc) is 2.77. The first kappa shape index (κ1) is 23.8. The summed E-state index contributed by atoms with van der Waals surface area (Å²) >= 11 is 0. The second-order valence-corrected chi connectivity index (χ2v) is 9.52. The molecule has 0 N–H and O–H groups in total. The molecule has 0 radical (unpaired) electrons. The highest BCUT2D eigenvalue weighted by molar-refractivity contribution is 5.24. The summed E-state index contributed by atoms with van der Waals surface area (Å²) in [6.07, 6.45) is 11.0. The number of allylic oxidation sites excluding steroid dienone is 2. The smallest absolute Gasteiger partial charge is 0.195 e. The van der Waals surface area contributed by atoms with Crippen LogP contribution in [0.1, 0.15) is 81.8 Å². The van der Waals surface area contributed by atoms with Crippen molar-refractivity contribution in [2.75, 3.05) is 0 Å². The summed E-state index contributed by atoms with van der Waals surface area (Å²) < 4.78 is 51.0. The van der Waals surface area contributed by atoms with E-state index in [2.05, 4.69) is 0 Å². The summed E-state index contributed by atoms with van der Waals surface area (Å²) in [7, 11) is 0. The van der Waals surface area contributed by atoms with Gasteiger partial charge in [-0.15, -0.1) is 0 Å². The maximum Gasteiger partial charge on any atom is 0.416 e. The van der Waals surface area contributed by atoms with Crippen LogP contribution in [0.4, 0.5) is 17.6 Å². The van der Waals surface area contributed by atoms with E-state index in [1.54, 1.807) is 18.2 Å². The zero-order valence-electron chi connectivity index (χ0n) is 18.1. The maximum atomic E-state index is 13.2. The molecule has 0 aliphatic heterocycles. The molecule has 1 aromatic rings. The molecule has 2 aliphatic carbocycles. The third-order valence-corrected chi connectivity index (χ3v) is 7.47. The zero-order chi connectivity index (χ0) is 22.3. The first-order chi connectivity index (χ1) is 14.8. The highest BCUT2D eigenvalue weighted by Crippen LogP contribution is 2.42. The lowest BCUT2D eigenvalue weighted by Crippen LogP contribution is -2.25. The minimum atomic E-state index is -4.26. The summed E-state index contributed by atoms with van der Waals surface area (Å²) in [6.45, 7) is 0. The molecule has 0 heterocycles. The van der Waals surface area contributed by atoms with Crippen LogP contribution < -0.4 is 0 Å². The molecule has 0 spiro atoms. The van der Waals surface area contributed by atoms with Gasteiger partial charge in [0.05, 0.1) is 5.56 Å². The fraction of sp³-hybridized carbons (Fsp3) is 0.654. The highest BCUT2D eigenvalue weighted by Gasteiger charge is 2.31. The molecule has 0 amide bonds. The lowest BCUT2D eigenvalue weighted by Gasteiger charge is -2.37. The van der Waals surface area contributed by atoms with Crippen LogP contribution in [-0.2, 0) is 12.6 Å². The molecular weight excluding hydrogens is 402 g/mol. The number of nitrogens with zero attached hydrogens (tertiary/aromatic N) is 1. The van der Waals surface area contributed by atoms with Crippen molar-refractivity contribution in [1.29, 1.82) is 5.26 Å². The summed E-state index contributed by atoms with van der Waals surface area (Å²) in [4.78, 5) is 0. The Morgan fingerprint density at radius 1 is 0.903 bits per heavy atom. The van der Waals surface area contributed by atoms with E-state index >= 15 is 0 Å². The van der Waals surface area contributed by atoms with E-state index in [9.17, 15) is 17.6 Å². The SMILES string of the molecule is N#C/C(F)=C/C1CCC([C@H]2CC[C@H](CCCCc3ccc(C(F)(F)F)cc3)CC2)CC1. The first-order valence-corrected chi connectivity index (χ1v) is 11.8. The third-order valence-electron chi connectivity index (χ3n) is 7.47. The van der Waals surface area contributed by atoms with Crippen molar-refractivity contribution in [1.82, 2.24) is 0 Å². The number of aryl methyl sites for hydroxylation is 1. The van der Waals surface area contributed by atoms with Gasteiger partial charge in [-0.3, -0.25) is 0 Å². The molecular formula is C26H33F4N. The summed E-state index contributed by atoms with van der Waals surface area (Å²) in [6, 6.07) is 7.15. The van der Waals surface area contributed by atoms with Crippen molar-refractivity contribution in [2.24, 2.45) is 23.7 Å². The zero-order valence-corrected chi connectivity index (χ0v) is 18.1. The molecule has 170 valence electrons. The van der Waals surface area contributed by atoms with Crippen LogP contribution in [0.25, 0.3) is 0 Å². The van der Waals surface area contributed by atoms with Gasteiger partial charge in [-0.25, -0.2) is 0 Å². The Labute approximate surface area is 183 Å². The molecule has 0 aromatic heterocycles. The number of unbranched alkanes of at least 4 members (excludes halogenated alkanes) is 1. The van der Waals surface area contributed by atoms with E-state index in [0.29, 0.717) is 0 Å². The number of hydrogen-bond donors (Lipinski definition) is 0. The first-order valence-electron chi connectivity index (χ1n) is 11.8. The molecule has 31 heavy (non-hydrogen) atoms. The minimum Gasteiger partial charge on any atom is -0.195 e. The Morgan fingerprint density at radius 2 is 1.48 bits per heavy atom. The molecule has 5 heteroatoms. The van der Waals surface area contributed by atoms with Gasteiger partial charge in [0.2, 0.25) is 0 Å². The van der Waals surface area contributed by atoms with Crippen LogP contribution in [0.5, 0.6) is 0 Å². The predicted octanol–water partition coefficient (Wildman–Crippen LogP) is 8.41. The fourth-order valence-corrected chi connectivity index (χ4v) is 5.60. The Morgan fingerprint density at radius 3 is 2.03 bits per heavy atom. The number of benzene rings is 1. The van der Waals surface area contributed by atoms with E-state index in [0.717, 1.165) is 68.3 Å². The standard InChI is InChI=1S/C26H33F4N/c27-25(18-31)17-21-7-13-23(14-8-21)22-11-5-19(6-12-22)3-1-2-4-20-9-15-24(16-10-20)26(28,29)30/h9-10,15-17,19,21-23H,1-8,11-14H2/b25-17-/t19-,21?,22-,23?. The van der Waals surface area contributed by atoms with Gasteiger partial charge in [-0.2, -0.15) is 22.8 Å². The lowest BCUT2D eigenvalue weighted by molar-refractivity contribution is -0.137. The largest absolute Gasteiger partial charge is 0.416 e. The van der Waals surface area contributed by atoms with Crippen molar-refractivity contribution in [3.63, 3.8) is 0 Å². The predicted molar refractivity (Wildman–Crippen MR) is 115 cm³/mol. The van der Waals surface area contributed by atoms with Crippen molar-refractivity contribution >= 4 is 0 Å². The van der Waals surface area contributed by atoms with Crippen molar-refractivity contribution in [2.45, 2.75) is 83.2 Å². The summed E-state index contributed by atoms with van der Waals surface area (Å²) in [5.41, 5.74) is 0.407. The second-order valence-electron chi connectivity index (χ2n) is 9.52. The monoisotopic (exact) mass is 435 g/mol. The van der Waals surface area contributed by atoms with Gasteiger partial charge in [-0.1, -0.05) is 37.8 Å². The van der Waals surface area contributed by atoms with Gasteiger partial charge < -0.3 is 0 Å². The van der Waals surface area contributed by atoms with E-state index in [1.165, 1.54) is 50.3 Å². The van der Waals surface area contributed by atoms with Crippen molar-refractivity contribution < 1.29 is 17.6 Å². The maximum absolute atomic E-state index is 13.2. The highest BCUT2D eigenvalue weighted by atomic mass is 19.4. The molecule has 0 atom stereocenters. The van der Waals surface area contributed by atoms with E-state index < -0.39 is 17.6 Å². The van der Waals surface area contributed by atoms with Crippen LogP contribution >= 0.6 is 0 Å². The molecule has 0 saturated heterocycles. The van der Waals surface area contributed by atoms with E-state index in [1.807, 2.05) is 0 Å². The van der Waals surface area contributed by atoms with Gasteiger partial charge in [0, 0.05) is 0 Å². The van der Waals surface area contributed by atoms with Gasteiger partial charge in [-0.05, 0) is 98.8 Å². The van der Waals surface area contributed by atoms with Crippen molar-refractivity contribution in [3.05, 3.63) is 47.3 Å². The molecule has 2 aliphatic rings. The third kappa shape index (κ3) is 7.37. The number of rotatable bonds is 7. The van der Waals surface area contributed by atoms with Gasteiger partial charge in [0.15, 0.2) is 5.83 Å². The normalized spacial score (nSPS) is 27.6. The van der Waals surface area contributed by atoms with E-state index in [-0.39, 0.29) is 5.92 Å². The minimum absolute atomic E-state index is 0.233. The number of nitriles is 1. The number of hydrogen-bond acceptors (Lipinski definition) is 1.